The van der Waals surface area contributed by atoms with Crippen LogP contribution in [0.5, 0.6) is 0 Å². The maximum absolute atomic E-state index is 7.88. The Kier molecular flexibility index (Phi) is 3.82. The minimum absolute atomic E-state index is 0.824. The van der Waals surface area contributed by atoms with Gasteiger partial charge in [-0.05, 0) is 39.2 Å². The molecule has 1 aromatic rings. The van der Waals surface area contributed by atoms with Gasteiger partial charge in [0.25, 0.3) is 0 Å². The van der Waals surface area contributed by atoms with E-state index in [1.54, 1.807) is 0 Å². The van der Waals surface area contributed by atoms with Crippen molar-refractivity contribution in [1.82, 2.24) is 14.7 Å². The van der Waals surface area contributed by atoms with Crippen molar-refractivity contribution >= 4 is 5.84 Å². The smallest absolute Gasteiger partial charge is 0.0957 e. The zero-order valence-corrected chi connectivity index (χ0v) is 10.9. The van der Waals surface area contributed by atoms with Crippen LogP contribution in [0.25, 0.3) is 0 Å². The summed E-state index contributed by atoms with van der Waals surface area (Å²) in [5.74, 6) is 0.824. The molecule has 4 heteroatoms. The molecular formula is C13H22N4. The van der Waals surface area contributed by atoms with Crippen molar-refractivity contribution < 1.29 is 0 Å². The second-order valence-corrected chi connectivity index (χ2v) is 4.89. The molecule has 0 aromatic carbocycles. The Morgan fingerprint density at radius 1 is 1.29 bits per heavy atom. The van der Waals surface area contributed by atoms with Crippen molar-refractivity contribution in [3.8, 4) is 0 Å². The van der Waals surface area contributed by atoms with Crippen LogP contribution in [-0.4, -0.2) is 33.6 Å². The van der Waals surface area contributed by atoms with Crippen LogP contribution >= 0.6 is 0 Å². The average molecular weight is 234 g/mol. The number of hydrogen-bond acceptors (Lipinski definition) is 2. The number of aromatic nitrogens is 2. The van der Waals surface area contributed by atoms with Crippen molar-refractivity contribution in [3.63, 3.8) is 0 Å². The van der Waals surface area contributed by atoms with Crippen LogP contribution in [-0.2, 0) is 6.54 Å². The second-order valence-electron chi connectivity index (χ2n) is 4.89. The highest BCUT2D eigenvalue weighted by atomic mass is 15.3. The van der Waals surface area contributed by atoms with E-state index in [0.29, 0.717) is 0 Å². The quantitative estimate of drug-likeness (QED) is 0.869. The first kappa shape index (κ1) is 12.1. The summed E-state index contributed by atoms with van der Waals surface area (Å²) in [5.41, 5.74) is 2.32. The molecule has 1 fully saturated rings. The highest BCUT2D eigenvalue weighted by molar-refractivity contribution is 5.79. The van der Waals surface area contributed by atoms with Crippen LogP contribution in [0.2, 0.25) is 0 Å². The maximum Gasteiger partial charge on any atom is 0.0957 e. The lowest BCUT2D eigenvalue weighted by molar-refractivity contribution is 0.349. The molecule has 2 rings (SSSR count). The molecule has 0 saturated carbocycles. The van der Waals surface area contributed by atoms with Crippen molar-refractivity contribution in [2.75, 3.05) is 13.1 Å². The first-order valence-electron chi connectivity index (χ1n) is 6.50. The summed E-state index contributed by atoms with van der Waals surface area (Å²) in [6.07, 6.45) is 4.46. The minimum atomic E-state index is 0.824. The summed E-state index contributed by atoms with van der Waals surface area (Å²) in [6, 6.07) is 2.11. The lowest BCUT2D eigenvalue weighted by atomic mass is 10.1. The molecule has 17 heavy (non-hydrogen) atoms. The third kappa shape index (κ3) is 3.08. The zero-order chi connectivity index (χ0) is 12.3. The van der Waals surface area contributed by atoms with E-state index in [2.05, 4.69) is 27.7 Å². The normalized spacial score (nSPS) is 16.6. The van der Waals surface area contributed by atoms with Gasteiger partial charge >= 0.3 is 0 Å². The molecule has 2 heterocycles. The Morgan fingerprint density at radius 2 is 2.12 bits per heavy atom. The van der Waals surface area contributed by atoms with Crippen molar-refractivity contribution in [1.29, 1.82) is 5.41 Å². The third-order valence-corrected chi connectivity index (χ3v) is 3.37. The van der Waals surface area contributed by atoms with Gasteiger partial charge in [-0.15, -0.1) is 0 Å². The number of hydrogen-bond donors (Lipinski definition) is 1. The van der Waals surface area contributed by atoms with E-state index < -0.39 is 0 Å². The number of rotatable bonds is 4. The van der Waals surface area contributed by atoms with Gasteiger partial charge in [-0.25, -0.2) is 0 Å². The lowest BCUT2D eigenvalue weighted by Crippen LogP contribution is -2.35. The highest BCUT2D eigenvalue weighted by Crippen LogP contribution is 2.11. The van der Waals surface area contributed by atoms with Gasteiger partial charge in [0, 0.05) is 31.7 Å². The first-order chi connectivity index (χ1) is 8.16. The molecular weight excluding hydrogens is 212 g/mol. The van der Waals surface area contributed by atoms with E-state index in [4.69, 9.17) is 5.41 Å². The van der Waals surface area contributed by atoms with Crippen LogP contribution in [0.4, 0.5) is 0 Å². The third-order valence-electron chi connectivity index (χ3n) is 3.37. The predicted octanol–water partition coefficient (Wildman–Crippen LogP) is 2.35. The Balaban J connectivity index is 1.79. The van der Waals surface area contributed by atoms with E-state index >= 15 is 0 Å². The molecule has 94 valence electrons. The summed E-state index contributed by atoms with van der Waals surface area (Å²) >= 11 is 0. The molecule has 0 bridgehead atoms. The largest absolute Gasteiger partial charge is 0.360 e. The Hall–Kier alpha value is -1.32. The number of aryl methyl sites for hydroxylation is 3. The molecule has 0 aliphatic carbocycles. The molecule has 0 atom stereocenters. The van der Waals surface area contributed by atoms with Crippen LogP contribution in [0.15, 0.2) is 6.07 Å². The molecule has 1 N–H and O–H groups in total. The molecule has 1 saturated heterocycles. The van der Waals surface area contributed by atoms with E-state index in [9.17, 15) is 0 Å². The summed E-state index contributed by atoms with van der Waals surface area (Å²) in [4.78, 5) is 2.22. The molecule has 0 radical (unpaired) electrons. The Morgan fingerprint density at radius 3 is 2.76 bits per heavy atom. The van der Waals surface area contributed by atoms with Crippen molar-refractivity contribution in [2.24, 2.45) is 0 Å². The summed E-state index contributed by atoms with van der Waals surface area (Å²) in [7, 11) is 0. The van der Waals surface area contributed by atoms with Crippen LogP contribution in [0, 0.1) is 19.3 Å². The van der Waals surface area contributed by atoms with Gasteiger partial charge in [-0.1, -0.05) is 0 Å². The number of nitrogens with zero attached hydrogens (tertiary/aromatic N) is 3. The summed E-state index contributed by atoms with van der Waals surface area (Å²) in [6.45, 7) is 7.16. The number of likely N-dealkylation sites (tertiary alicyclic amines) is 1. The first-order valence-corrected chi connectivity index (χ1v) is 6.50. The summed E-state index contributed by atoms with van der Waals surface area (Å²) < 4.78 is 2.07. The Bertz CT molecular complexity index is 394. The molecule has 1 aromatic heterocycles. The van der Waals surface area contributed by atoms with E-state index in [-0.39, 0.29) is 0 Å². The van der Waals surface area contributed by atoms with Crippen LogP contribution in [0.3, 0.4) is 0 Å². The molecule has 0 unspecified atom stereocenters. The van der Waals surface area contributed by atoms with E-state index in [1.165, 1.54) is 18.5 Å². The maximum atomic E-state index is 7.88. The van der Waals surface area contributed by atoms with Gasteiger partial charge in [0.2, 0.25) is 0 Å². The average Bonchev–Trinajstić information content (AvgIpc) is 2.60. The monoisotopic (exact) mass is 234 g/mol. The van der Waals surface area contributed by atoms with Crippen molar-refractivity contribution in [3.05, 3.63) is 17.5 Å². The van der Waals surface area contributed by atoms with Gasteiger partial charge in [-0.3, -0.25) is 10.1 Å². The standard InChI is InChI=1S/C13H22N4/c1-11-10-12(2)17(15-11)9-5-8-16-7-4-3-6-13(16)14/h10,14H,3-9H2,1-2H3. The van der Waals surface area contributed by atoms with Gasteiger partial charge in [0.05, 0.1) is 11.5 Å². The molecule has 1 aliphatic heterocycles. The fraction of sp³-hybridized carbons (Fsp3) is 0.692. The van der Waals surface area contributed by atoms with E-state index in [1.807, 2.05) is 6.92 Å². The summed E-state index contributed by atoms with van der Waals surface area (Å²) in [5, 5.41) is 12.3. The lowest BCUT2D eigenvalue weighted by Gasteiger charge is -2.29. The second kappa shape index (κ2) is 5.34. The minimum Gasteiger partial charge on any atom is -0.360 e. The fourth-order valence-electron chi connectivity index (χ4n) is 2.45. The fourth-order valence-corrected chi connectivity index (χ4v) is 2.45. The number of piperidine rings is 1. The van der Waals surface area contributed by atoms with Crippen LogP contribution in [0.1, 0.15) is 37.1 Å². The predicted molar refractivity (Wildman–Crippen MR) is 69.5 cm³/mol. The topological polar surface area (TPSA) is 44.9 Å². The zero-order valence-electron chi connectivity index (χ0n) is 10.9. The van der Waals surface area contributed by atoms with Crippen molar-refractivity contribution in [2.45, 2.75) is 46.1 Å². The highest BCUT2D eigenvalue weighted by Gasteiger charge is 2.14. The number of nitrogens with one attached hydrogen (secondary N) is 1. The molecule has 4 nitrogen and oxygen atoms in total. The SMILES string of the molecule is Cc1cc(C)n(CCCN2CCCCC2=N)n1. The Labute approximate surface area is 103 Å². The number of amidine groups is 1. The molecule has 1 aliphatic rings. The van der Waals surface area contributed by atoms with Gasteiger partial charge in [0.1, 0.15) is 0 Å². The van der Waals surface area contributed by atoms with Gasteiger partial charge in [0.15, 0.2) is 0 Å². The molecule has 0 spiro atoms. The van der Waals surface area contributed by atoms with Crippen LogP contribution < -0.4 is 0 Å². The van der Waals surface area contributed by atoms with Gasteiger partial charge in [-0.2, -0.15) is 5.10 Å². The van der Waals surface area contributed by atoms with Gasteiger partial charge < -0.3 is 4.90 Å². The molecule has 0 amide bonds. The van der Waals surface area contributed by atoms with E-state index in [0.717, 1.165) is 44.0 Å².